The molecule has 5 heterocycles. The molecule has 9 heteroatoms. The number of nitrogens with zero attached hydrogens (tertiary/aromatic N) is 5. The number of hydrogen-bond acceptors (Lipinski definition) is 6. The number of fused-ring (bicyclic) bond motifs is 3. The highest BCUT2D eigenvalue weighted by atomic mass is 19.1. The van der Waals surface area contributed by atoms with Crippen molar-refractivity contribution in [3.05, 3.63) is 53.7 Å². The molecule has 0 amide bonds. The summed E-state index contributed by atoms with van der Waals surface area (Å²) in [5, 5.41) is 16.2. The molecule has 1 N–H and O–H groups in total. The first kappa shape index (κ1) is 16.3. The molecule has 4 aromatic rings. The molecule has 0 saturated carbocycles. The number of nitrogens with one attached hydrogen (secondary N) is 1. The number of ether oxygens (including phenoxy) is 2. The third-order valence-electron chi connectivity index (χ3n) is 5.51. The van der Waals surface area contributed by atoms with Crippen LogP contribution < -0.4 is 14.8 Å². The van der Waals surface area contributed by atoms with Crippen LogP contribution in [-0.4, -0.2) is 37.6 Å². The first-order valence-electron chi connectivity index (χ1n) is 9.36. The van der Waals surface area contributed by atoms with Crippen LogP contribution in [0.1, 0.15) is 17.0 Å². The molecule has 1 aromatic carbocycles. The molecule has 2 aliphatic heterocycles. The lowest BCUT2D eigenvalue weighted by Crippen LogP contribution is -2.13. The first-order chi connectivity index (χ1) is 14.2. The fraction of sp³-hybridized carbons (Fsp3) is 0.250. The molecule has 0 radical (unpaired) electrons. The van der Waals surface area contributed by atoms with Gasteiger partial charge in [0, 0.05) is 30.9 Å². The average molecular weight is 392 g/mol. The summed E-state index contributed by atoms with van der Waals surface area (Å²) >= 11 is 0. The lowest BCUT2D eigenvalue weighted by molar-refractivity contribution is 0.249. The van der Waals surface area contributed by atoms with Crippen molar-refractivity contribution in [1.82, 2.24) is 24.4 Å². The normalized spacial score (nSPS) is 17.4. The summed E-state index contributed by atoms with van der Waals surface area (Å²) in [6.45, 7) is 1.16. The van der Waals surface area contributed by atoms with Gasteiger partial charge in [-0.25, -0.2) is 4.39 Å². The fourth-order valence-electron chi connectivity index (χ4n) is 4.13. The van der Waals surface area contributed by atoms with E-state index in [-0.39, 0.29) is 11.7 Å². The smallest absolute Gasteiger partial charge is 0.171 e. The van der Waals surface area contributed by atoms with Crippen LogP contribution in [0.25, 0.3) is 16.9 Å². The van der Waals surface area contributed by atoms with Gasteiger partial charge in [0.25, 0.3) is 0 Å². The molecule has 0 unspecified atom stereocenters. The zero-order chi connectivity index (χ0) is 19.5. The minimum Gasteiger partial charge on any atom is -0.493 e. The molecule has 8 nitrogen and oxygen atoms in total. The van der Waals surface area contributed by atoms with Crippen LogP contribution in [0.3, 0.4) is 0 Å². The SMILES string of the molecule is Cn1ccc(-c2cc3c(n4cnnc24)NCc2c(F)ccc4c2[C@@H](CO4)CO3)n1. The van der Waals surface area contributed by atoms with Crippen LogP contribution in [0, 0.1) is 5.82 Å². The minimum absolute atomic E-state index is 0.0293. The maximum atomic E-state index is 14.6. The van der Waals surface area contributed by atoms with Crippen molar-refractivity contribution in [3.8, 4) is 22.8 Å². The van der Waals surface area contributed by atoms with Crippen LogP contribution in [-0.2, 0) is 13.6 Å². The Bertz CT molecular complexity index is 1260. The molecule has 0 spiro atoms. The van der Waals surface area contributed by atoms with E-state index in [0.29, 0.717) is 42.5 Å². The Kier molecular flexibility index (Phi) is 3.35. The number of benzene rings is 1. The fourth-order valence-corrected chi connectivity index (χ4v) is 4.13. The quantitative estimate of drug-likeness (QED) is 0.537. The summed E-state index contributed by atoms with van der Waals surface area (Å²) in [6, 6.07) is 6.98. The van der Waals surface area contributed by atoms with E-state index in [0.717, 1.165) is 22.6 Å². The predicted molar refractivity (Wildman–Crippen MR) is 103 cm³/mol. The molecule has 0 bridgehead atoms. The van der Waals surface area contributed by atoms with Crippen LogP contribution in [0.2, 0.25) is 0 Å². The van der Waals surface area contributed by atoms with Gasteiger partial charge in [0.15, 0.2) is 17.2 Å². The molecule has 0 aliphatic carbocycles. The summed E-state index contributed by atoms with van der Waals surface area (Å²) in [5.74, 6) is 1.77. The second-order valence-electron chi connectivity index (χ2n) is 7.28. The van der Waals surface area contributed by atoms with Crippen molar-refractivity contribution in [2.45, 2.75) is 12.5 Å². The zero-order valence-electron chi connectivity index (χ0n) is 15.6. The van der Waals surface area contributed by atoms with E-state index in [1.54, 1.807) is 17.1 Å². The molecule has 29 heavy (non-hydrogen) atoms. The molecule has 6 rings (SSSR count). The minimum atomic E-state index is -0.250. The lowest BCUT2D eigenvalue weighted by atomic mass is 9.96. The van der Waals surface area contributed by atoms with Crippen molar-refractivity contribution in [2.24, 2.45) is 7.05 Å². The molecule has 0 fully saturated rings. The summed E-state index contributed by atoms with van der Waals surface area (Å²) in [7, 11) is 1.86. The highest BCUT2D eigenvalue weighted by Crippen LogP contribution is 2.41. The Morgan fingerprint density at radius 1 is 1.17 bits per heavy atom. The predicted octanol–water partition coefficient (Wildman–Crippen LogP) is 2.75. The van der Waals surface area contributed by atoms with E-state index in [4.69, 9.17) is 9.47 Å². The molecule has 0 saturated heterocycles. The summed E-state index contributed by atoms with van der Waals surface area (Å²) < 4.78 is 30.2. The van der Waals surface area contributed by atoms with Crippen LogP contribution in [0.5, 0.6) is 11.5 Å². The number of anilines is 1. The van der Waals surface area contributed by atoms with Crippen LogP contribution in [0.15, 0.2) is 36.8 Å². The third-order valence-corrected chi connectivity index (χ3v) is 5.51. The van der Waals surface area contributed by atoms with E-state index < -0.39 is 0 Å². The van der Waals surface area contributed by atoms with Crippen molar-refractivity contribution >= 4 is 11.5 Å². The highest BCUT2D eigenvalue weighted by Gasteiger charge is 2.31. The Morgan fingerprint density at radius 3 is 2.86 bits per heavy atom. The van der Waals surface area contributed by atoms with E-state index in [1.807, 2.05) is 29.8 Å². The van der Waals surface area contributed by atoms with E-state index in [9.17, 15) is 4.39 Å². The van der Waals surface area contributed by atoms with Gasteiger partial charge in [0.05, 0.1) is 30.4 Å². The van der Waals surface area contributed by atoms with E-state index in [2.05, 4.69) is 20.6 Å². The van der Waals surface area contributed by atoms with Gasteiger partial charge < -0.3 is 14.8 Å². The van der Waals surface area contributed by atoms with Gasteiger partial charge in [-0.05, 0) is 24.3 Å². The number of halogens is 1. The van der Waals surface area contributed by atoms with Crippen molar-refractivity contribution in [1.29, 1.82) is 0 Å². The molecule has 3 aromatic heterocycles. The number of hydrogen-bond donors (Lipinski definition) is 1. The highest BCUT2D eigenvalue weighted by molar-refractivity contribution is 5.80. The maximum Gasteiger partial charge on any atom is 0.171 e. The van der Waals surface area contributed by atoms with Gasteiger partial charge in [0.1, 0.15) is 17.9 Å². The van der Waals surface area contributed by atoms with Crippen LogP contribution >= 0.6 is 0 Å². The zero-order valence-corrected chi connectivity index (χ0v) is 15.6. The third kappa shape index (κ3) is 2.40. The second-order valence-corrected chi connectivity index (χ2v) is 7.28. The average Bonchev–Trinajstić information content (AvgIpc) is 3.45. The molecule has 146 valence electrons. The number of aromatic nitrogens is 5. The summed E-state index contributed by atoms with van der Waals surface area (Å²) in [6.07, 6.45) is 3.49. The lowest BCUT2D eigenvalue weighted by Gasteiger charge is -2.16. The number of rotatable bonds is 1. The molecule has 2 aliphatic rings. The Balaban J connectivity index is 1.52. The monoisotopic (exact) mass is 392 g/mol. The van der Waals surface area contributed by atoms with Gasteiger partial charge in [-0.2, -0.15) is 5.10 Å². The van der Waals surface area contributed by atoms with Crippen molar-refractivity contribution < 1.29 is 13.9 Å². The van der Waals surface area contributed by atoms with E-state index in [1.165, 1.54) is 6.07 Å². The Labute approximate surface area is 164 Å². The molecule has 1 atom stereocenters. The first-order valence-corrected chi connectivity index (χ1v) is 9.36. The van der Waals surface area contributed by atoms with Gasteiger partial charge in [-0.1, -0.05) is 0 Å². The number of aryl methyl sites for hydroxylation is 1. The van der Waals surface area contributed by atoms with Gasteiger partial charge in [-0.15, -0.1) is 10.2 Å². The summed E-state index contributed by atoms with van der Waals surface area (Å²) in [4.78, 5) is 0. The van der Waals surface area contributed by atoms with Crippen molar-refractivity contribution in [3.63, 3.8) is 0 Å². The standard InChI is InChI=1S/C20H17FN6O2/c1-26-5-4-15(25-26)12-6-17-20(27-10-23-24-19(12)27)22-7-13-14(21)2-3-16-18(13)11(8-28-16)9-29-17/h2-6,10-11,22H,7-9H2,1H3/t11-/m0/s1. The summed E-state index contributed by atoms with van der Waals surface area (Å²) in [5.41, 5.74) is 3.73. The van der Waals surface area contributed by atoms with Gasteiger partial charge in [0.2, 0.25) is 0 Å². The topological polar surface area (TPSA) is 78.5 Å². The van der Waals surface area contributed by atoms with Gasteiger partial charge >= 0.3 is 0 Å². The van der Waals surface area contributed by atoms with Crippen molar-refractivity contribution in [2.75, 3.05) is 18.5 Å². The Morgan fingerprint density at radius 2 is 2.03 bits per heavy atom. The van der Waals surface area contributed by atoms with E-state index >= 15 is 0 Å². The van der Waals surface area contributed by atoms with Crippen LogP contribution in [0.4, 0.5) is 10.2 Å². The maximum absolute atomic E-state index is 14.6. The Hall–Kier alpha value is -3.62. The van der Waals surface area contributed by atoms with Gasteiger partial charge in [-0.3, -0.25) is 9.08 Å². The second kappa shape index (κ2) is 5.94. The largest absolute Gasteiger partial charge is 0.493 e. The molecular formula is C20H17FN6O2. The molecular weight excluding hydrogens is 375 g/mol. The number of pyridine rings is 1.